The van der Waals surface area contributed by atoms with Crippen molar-refractivity contribution in [3.8, 4) is 5.75 Å². The number of hydrogen-bond acceptors (Lipinski definition) is 5. The molecule has 1 unspecified atom stereocenters. The van der Waals surface area contributed by atoms with Crippen LogP contribution < -0.4 is 10.1 Å². The predicted molar refractivity (Wildman–Crippen MR) is 93.9 cm³/mol. The van der Waals surface area contributed by atoms with Crippen LogP contribution in [0.5, 0.6) is 5.75 Å². The van der Waals surface area contributed by atoms with E-state index in [2.05, 4.69) is 10.4 Å². The number of nitro groups is 1. The first-order chi connectivity index (χ1) is 11.7. The Labute approximate surface area is 145 Å². The summed E-state index contributed by atoms with van der Waals surface area (Å²) in [6, 6.07) is 5.52. The molecule has 0 aliphatic rings. The Morgan fingerprint density at radius 1 is 1.40 bits per heavy atom. The number of carbonyl (C=O) groups is 1. The van der Waals surface area contributed by atoms with Gasteiger partial charge in [0.25, 0.3) is 0 Å². The van der Waals surface area contributed by atoms with E-state index in [1.165, 1.54) is 4.68 Å². The molecule has 2 rings (SSSR count). The van der Waals surface area contributed by atoms with Gasteiger partial charge in [-0.15, -0.1) is 0 Å². The lowest BCUT2D eigenvalue weighted by Gasteiger charge is -2.15. The molecule has 1 N–H and O–H groups in total. The molecule has 0 aliphatic heterocycles. The van der Waals surface area contributed by atoms with Crippen LogP contribution in [-0.4, -0.2) is 27.7 Å². The van der Waals surface area contributed by atoms with Crippen molar-refractivity contribution in [3.63, 3.8) is 0 Å². The van der Waals surface area contributed by atoms with Crippen molar-refractivity contribution in [1.29, 1.82) is 0 Å². The molecule has 0 spiro atoms. The van der Waals surface area contributed by atoms with Gasteiger partial charge in [0.2, 0.25) is 5.91 Å². The average molecular weight is 346 g/mol. The highest BCUT2D eigenvalue weighted by atomic mass is 16.6. The van der Waals surface area contributed by atoms with Crippen molar-refractivity contribution in [1.82, 2.24) is 9.78 Å². The van der Waals surface area contributed by atoms with Gasteiger partial charge in [-0.1, -0.05) is 13.0 Å². The van der Waals surface area contributed by atoms with Gasteiger partial charge in [-0.3, -0.25) is 19.6 Å². The monoisotopic (exact) mass is 346 g/mol. The van der Waals surface area contributed by atoms with Crippen LogP contribution >= 0.6 is 0 Å². The maximum absolute atomic E-state index is 12.5. The van der Waals surface area contributed by atoms with E-state index in [1.807, 2.05) is 19.1 Å². The number of nitrogens with one attached hydrogen (secondary N) is 1. The Hall–Kier alpha value is -2.90. The Morgan fingerprint density at radius 2 is 2.08 bits per heavy atom. The Kier molecular flexibility index (Phi) is 5.41. The molecule has 1 aromatic carbocycles. The number of hydrogen-bond donors (Lipinski definition) is 1. The molecule has 134 valence electrons. The maximum atomic E-state index is 12.5. The van der Waals surface area contributed by atoms with Gasteiger partial charge in [-0.05, 0) is 38.5 Å². The van der Waals surface area contributed by atoms with Gasteiger partial charge < -0.3 is 10.1 Å². The third-order valence-corrected chi connectivity index (χ3v) is 4.03. The predicted octanol–water partition coefficient (Wildman–Crippen LogP) is 3.00. The number of rotatable bonds is 6. The van der Waals surface area contributed by atoms with Crippen molar-refractivity contribution in [2.45, 2.75) is 34.2 Å². The smallest absolute Gasteiger partial charge is 0.312 e. The normalized spacial score (nSPS) is 11.9. The molecule has 25 heavy (non-hydrogen) atoms. The van der Waals surface area contributed by atoms with E-state index < -0.39 is 10.8 Å². The topological polar surface area (TPSA) is 99.3 Å². The van der Waals surface area contributed by atoms with E-state index in [9.17, 15) is 14.9 Å². The number of aryl methyl sites for hydroxylation is 2. The summed E-state index contributed by atoms with van der Waals surface area (Å²) in [6.45, 7) is 7.14. The maximum Gasteiger partial charge on any atom is 0.312 e. The molecule has 1 amide bonds. The number of carbonyl (C=O) groups excluding carboxylic acids is 1. The van der Waals surface area contributed by atoms with Crippen molar-refractivity contribution in [2.24, 2.45) is 5.92 Å². The van der Waals surface area contributed by atoms with Gasteiger partial charge in [-0.25, -0.2) is 0 Å². The van der Waals surface area contributed by atoms with E-state index in [1.54, 1.807) is 33.9 Å². The first kappa shape index (κ1) is 18.4. The molecule has 0 radical (unpaired) electrons. The third-order valence-electron chi connectivity index (χ3n) is 4.03. The minimum Gasteiger partial charge on any atom is -0.495 e. The first-order valence-electron chi connectivity index (χ1n) is 7.88. The van der Waals surface area contributed by atoms with Crippen LogP contribution in [0.2, 0.25) is 0 Å². The Morgan fingerprint density at radius 3 is 2.64 bits per heavy atom. The lowest BCUT2D eigenvalue weighted by molar-refractivity contribution is -0.386. The van der Waals surface area contributed by atoms with Crippen molar-refractivity contribution < 1.29 is 14.5 Å². The van der Waals surface area contributed by atoms with Gasteiger partial charge in [-0.2, -0.15) is 5.10 Å². The molecule has 0 saturated carbocycles. The molecule has 8 heteroatoms. The van der Waals surface area contributed by atoms with E-state index in [0.29, 0.717) is 22.8 Å². The lowest BCUT2D eigenvalue weighted by Crippen LogP contribution is -2.25. The quantitative estimate of drug-likeness (QED) is 0.640. The molecule has 1 aromatic heterocycles. The minimum atomic E-state index is -0.448. The second kappa shape index (κ2) is 7.33. The SMILES string of the molecule is COc1ccc(C)cc1NC(=O)C(C)Cn1nc(C)c([N+](=O)[O-])c1C. The highest BCUT2D eigenvalue weighted by molar-refractivity contribution is 5.93. The number of aromatic nitrogens is 2. The van der Waals surface area contributed by atoms with Crippen LogP contribution in [0, 0.1) is 36.8 Å². The third kappa shape index (κ3) is 3.96. The van der Waals surface area contributed by atoms with E-state index in [4.69, 9.17) is 4.74 Å². The summed E-state index contributed by atoms with van der Waals surface area (Å²) in [5.41, 5.74) is 2.37. The van der Waals surface area contributed by atoms with E-state index in [0.717, 1.165) is 5.56 Å². The summed E-state index contributed by atoms with van der Waals surface area (Å²) >= 11 is 0. The summed E-state index contributed by atoms with van der Waals surface area (Å²) in [4.78, 5) is 23.1. The van der Waals surface area contributed by atoms with Crippen LogP contribution in [-0.2, 0) is 11.3 Å². The van der Waals surface area contributed by atoms with Crippen LogP contribution in [0.1, 0.15) is 23.9 Å². The highest BCUT2D eigenvalue weighted by Gasteiger charge is 2.24. The standard InChI is InChI=1S/C17H22N4O4/c1-10-6-7-15(25-5)14(8-10)18-17(22)11(2)9-20-13(4)16(21(23)24)12(3)19-20/h6-8,11H,9H2,1-5H3,(H,18,22). The summed E-state index contributed by atoms with van der Waals surface area (Å²) in [5, 5.41) is 18.1. The number of anilines is 1. The fraction of sp³-hybridized carbons (Fsp3) is 0.412. The molecule has 0 fully saturated rings. The van der Waals surface area contributed by atoms with Crippen LogP contribution in [0.25, 0.3) is 0 Å². The van der Waals surface area contributed by atoms with Gasteiger partial charge in [0.05, 0.1) is 30.2 Å². The van der Waals surface area contributed by atoms with Gasteiger partial charge in [0.15, 0.2) is 0 Å². The second-order valence-corrected chi connectivity index (χ2v) is 6.05. The summed E-state index contributed by atoms with van der Waals surface area (Å²) in [7, 11) is 1.54. The molecular weight excluding hydrogens is 324 g/mol. The molecule has 0 aliphatic carbocycles. The summed E-state index contributed by atoms with van der Waals surface area (Å²) in [6.07, 6.45) is 0. The number of benzene rings is 1. The van der Waals surface area contributed by atoms with Crippen LogP contribution in [0.3, 0.4) is 0 Å². The lowest BCUT2D eigenvalue weighted by atomic mass is 10.1. The van der Waals surface area contributed by atoms with Gasteiger partial charge in [0.1, 0.15) is 17.1 Å². The Bertz CT molecular complexity index is 813. The number of nitrogens with zero attached hydrogens (tertiary/aromatic N) is 3. The van der Waals surface area contributed by atoms with Gasteiger partial charge in [0, 0.05) is 0 Å². The van der Waals surface area contributed by atoms with Crippen molar-refractivity contribution in [3.05, 3.63) is 45.3 Å². The number of methoxy groups -OCH3 is 1. The van der Waals surface area contributed by atoms with Crippen LogP contribution in [0.15, 0.2) is 18.2 Å². The molecule has 8 nitrogen and oxygen atoms in total. The first-order valence-corrected chi connectivity index (χ1v) is 7.88. The summed E-state index contributed by atoms with van der Waals surface area (Å²) in [5.74, 6) is -0.0603. The van der Waals surface area contributed by atoms with Crippen molar-refractivity contribution in [2.75, 3.05) is 12.4 Å². The zero-order valence-electron chi connectivity index (χ0n) is 15.0. The zero-order valence-corrected chi connectivity index (χ0v) is 15.0. The highest BCUT2D eigenvalue weighted by Crippen LogP contribution is 2.26. The fourth-order valence-electron chi connectivity index (χ4n) is 2.65. The molecule has 0 bridgehead atoms. The van der Waals surface area contributed by atoms with E-state index >= 15 is 0 Å². The zero-order chi connectivity index (χ0) is 18.7. The average Bonchev–Trinajstić information content (AvgIpc) is 2.81. The molecule has 2 aromatic rings. The minimum absolute atomic E-state index is 0.00652. The number of ether oxygens (including phenoxy) is 1. The molecule has 1 heterocycles. The Balaban J connectivity index is 2.15. The molecule has 0 saturated heterocycles. The van der Waals surface area contributed by atoms with Crippen LogP contribution in [0.4, 0.5) is 11.4 Å². The van der Waals surface area contributed by atoms with E-state index in [-0.39, 0.29) is 18.1 Å². The molecular formula is C17H22N4O4. The fourth-order valence-corrected chi connectivity index (χ4v) is 2.65. The van der Waals surface area contributed by atoms with Crippen molar-refractivity contribution >= 4 is 17.3 Å². The number of amides is 1. The summed E-state index contributed by atoms with van der Waals surface area (Å²) < 4.78 is 6.76. The second-order valence-electron chi connectivity index (χ2n) is 6.05. The molecule has 1 atom stereocenters. The van der Waals surface area contributed by atoms with Gasteiger partial charge >= 0.3 is 5.69 Å². The largest absolute Gasteiger partial charge is 0.495 e.